The van der Waals surface area contributed by atoms with E-state index < -0.39 is 0 Å². The van der Waals surface area contributed by atoms with Gasteiger partial charge in [0.1, 0.15) is 5.82 Å². The van der Waals surface area contributed by atoms with Crippen LogP contribution in [0.1, 0.15) is 12.1 Å². The lowest BCUT2D eigenvalue weighted by atomic mass is 10.2. The van der Waals surface area contributed by atoms with Crippen molar-refractivity contribution in [3.63, 3.8) is 0 Å². The SMILES string of the molecule is Cc1cc(NCCCn2ccnc2)nc(-c2ccncc2)n1. The highest BCUT2D eigenvalue weighted by atomic mass is 15.0. The Kier molecular flexibility index (Phi) is 4.38. The van der Waals surface area contributed by atoms with Crippen molar-refractivity contribution in [1.82, 2.24) is 24.5 Å². The van der Waals surface area contributed by atoms with Gasteiger partial charge in [-0.3, -0.25) is 4.98 Å². The summed E-state index contributed by atoms with van der Waals surface area (Å²) in [5, 5.41) is 3.36. The molecule has 0 atom stereocenters. The van der Waals surface area contributed by atoms with E-state index >= 15 is 0 Å². The van der Waals surface area contributed by atoms with Gasteiger partial charge < -0.3 is 9.88 Å². The van der Waals surface area contributed by atoms with E-state index in [0.717, 1.165) is 42.4 Å². The molecule has 0 bridgehead atoms. The molecule has 0 unspecified atom stereocenters. The molecule has 0 fully saturated rings. The Hall–Kier alpha value is -2.76. The quantitative estimate of drug-likeness (QED) is 0.708. The van der Waals surface area contributed by atoms with Crippen molar-refractivity contribution < 1.29 is 0 Å². The first-order chi connectivity index (χ1) is 10.8. The highest BCUT2D eigenvalue weighted by Gasteiger charge is 2.04. The standard InChI is InChI=1S/C16H18N6/c1-13-11-15(19-5-2-9-22-10-8-18-12-22)21-16(20-13)14-3-6-17-7-4-14/h3-4,6-8,10-12H,2,5,9H2,1H3,(H,19,20,21). The van der Waals surface area contributed by atoms with Crippen molar-refractivity contribution in [2.45, 2.75) is 19.9 Å². The molecule has 0 saturated heterocycles. The van der Waals surface area contributed by atoms with Gasteiger partial charge in [-0.2, -0.15) is 0 Å². The minimum absolute atomic E-state index is 0.722. The number of aryl methyl sites for hydroxylation is 2. The largest absolute Gasteiger partial charge is 0.370 e. The maximum atomic E-state index is 4.57. The molecule has 3 aromatic rings. The summed E-state index contributed by atoms with van der Waals surface area (Å²) in [5.74, 6) is 1.57. The maximum absolute atomic E-state index is 4.57. The molecule has 0 spiro atoms. The predicted octanol–water partition coefficient (Wildman–Crippen LogP) is 2.55. The summed E-state index contributed by atoms with van der Waals surface area (Å²) in [6.45, 7) is 3.77. The summed E-state index contributed by atoms with van der Waals surface area (Å²) in [6.07, 6.45) is 10.1. The zero-order valence-electron chi connectivity index (χ0n) is 12.5. The number of nitrogens with zero attached hydrogens (tertiary/aromatic N) is 5. The molecular weight excluding hydrogens is 276 g/mol. The van der Waals surface area contributed by atoms with E-state index in [0.29, 0.717) is 0 Å². The van der Waals surface area contributed by atoms with E-state index in [4.69, 9.17) is 0 Å². The number of anilines is 1. The predicted molar refractivity (Wildman–Crippen MR) is 85.3 cm³/mol. The molecular formula is C16H18N6. The van der Waals surface area contributed by atoms with E-state index in [9.17, 15) is 0 Å². The van der Waals surface area contributed by atoms with Gasteiger partial charge >= 0.3 is 0 Å². The van der Waals surface area contributed by atoms with Crippen LogP contribution in [0, 0.1) is 6.92 Å². The second kappa shape index (κ2) is 6.80. The number of rotatable bonds is 6. The lowest BCUT2D eigenvalue weighted by Crippen LogP contribution is -2.08. The summed E-state index contributed by atoms with van der Waals surface area (Å²) < 4.78 is 2.06. The molecule has 112 valence electrons. The summed E-state index contributed by atoms with van der Waals surface area (Å²) in [5.41, 5.74) is 1.92. The van der Waals surface area contributed by atoms with Crippen LogP contribution < -0.4 is 5.32 Å². The van der Waals surface area contributed by atoms with Crippen LogP contribution in [0.4, 0.5) is 5.82 Å². The van der Waals surface area contributed by atoms with Gasteiger partial charge in [-0.25, -0.2) is 15.0 Å². The topological polar surface area (TPSA) is 68.5 Å². The van der Waals surface area contributed by atoms with E-state index in [2.05, 4.69) is 29.8 Å². The zero-order valence-corrected chi connectivity index (χ0v) is 12.5. The average molecular weight is 294 g/mol. The van der Waals surface area contributed by atoms with E-state index in [1.165, 1.54) is 0 Å². The van der Waals surface area contributed by atoms with Crippen molar-refractivity contribution in [1.29, 1.82) is 0 Å². The van der Waals surface area contributed by atoms with Crippen LogP contribution in [0.15, 0.2) is 49.3 Å². The van der Waals surface area contributed by atoms with Gasteiger partial charge in [0.05, 0.1) is 6.33 Å². The Labute approximate surface area is 129 Å². The van der Waals surface area contributed by atoms with Gasteiger partial charge in [0.15, 0.2) is 5.82 Å². The lowest BCUT2D eigenvalue weighted by molar-refractivity contribution is 0.660. The third-order valence-electron chi connectivity index (χ3n) is 3.25. The highest BCUT2D eigenvalue weighted by molar-refractivity contribution is 5.56. The summed E-state index contributed by atoms with van der Waals surface area (Å²) in [6, 6.07) is 5.79. The first kappa shape index (κ1) is 14.2. The molecule has 0 aliphatic heterocycles. The number of hydrogen-bond donors (Lipinski definition) is 1. The third-order valence-corrected chi connectivity index (χ3v) is 3.25. The van der Waals surface area contributed by atoms with Crippen molar-refractivity contribution in [2.24, 2.45) is 0 Å². The number of aromatic nitrogens is 5. The monoisotopic (exact) mass is 294 g/mol. The molecule has 0 aliphatic carbocycles. The molecule has 6 heteroatoms. The van der Waals surface area contributed by atoms with Crippen LogP contribution in [-0.2, 0) is 6.54 Å². The minimum Gasteiger partial charge on any atom is -0.370 e. The van der Waals surface area contributed by atoms with Gasteiger partial charge in [0.25, 0.3) is 0 Å². The first-order valence-corrected chi connectivity index (χ1v) is 7.27. The first-order valence-electron chi connectivity index (χ1n) is 7.27. The fourth-order valence-corrected chi connectivity index (χ4v) is 2.19. The maximum Gasteiger partial charge on any atom is 0.161 e. The molecule has 1 N–H and O–H groups in total. The fourth-order valence-electron chi connectivity index (χ4n) is 2.19. The van der Waals surface area contributed by atoms with Crippen molar-refractivity contribution in [3.8, 4) is 11.4 Å². The average Bonchev–Trinajstić information content (AvgIpc) is 3.05. The minimum atomic E-state index is 0.722. The molecule has 3 aromatic heterocycles. The summed E-state index contributed by atoms with van der Waals surface area (Å²) in [4.78, 5) is 17.1. The number of hydrogen-bond acceptors (Lipinski definition) is 5. The summed E-state index contributed by atoms with van der Waals surface area (Å²) in [7, 11) is 0. The smallest absolute Gasteiger partial charge is 0.161 e. The second-order valence-electron chi connectivity index (χ2n) is 5.03. The van der Waals surface area contributed by atoms with E-state index in [1.807, 2.05) is 37.6 Å². The molecule has 0 radical (unpaired) electrons. The van der Waals surface area contributed by atoms with Crippen LogP contribution in [-0.4, -0.2) is 31.0 Å². The molecule has 0 amide bonds. The van der Waals surface area contributed by atoms with Crippen LogP contribution in [0.2, 0.25) is 0 Å². The zero-order chi connectivity index (χ0) is 15.2. The van der Waals surface area contributed by atoms with Gasteiger partial charge in [-0.15, -0.1) is 0 Å². The van der Waals surface area contributed by atoms with Gasteiger partial charge in [0, 0.05) is 55.2 Å². The lowest BCUT2D eigenvalue weighted by Gasteiger charge is -2.09. The molecule has 3 rings (SSSR count). The van der Waals surface area contributed by atoms with Crippen LogP contribution in [0.25, 0.3) is 11.4 Å². The van der Waals surface area contributed by atoms with Crippen molar-refractivity contribution >= 4 is 5.82 Å². The number of pyridine rings is 1. The molecule has 3 heterocycles. The Bertz CT molecular complexity index is 709. The van der Waals surface area contributed by atoms with Crippen molar-refractivity contribution in [2.75, 3.05) is 11.9 Å². The second-order valence-corrected chi connectivity index (χ2v) is 5.03. The third kappa shape index (κ3) is 3.66. The van der Waals surface area contributed by atoms with Crippen molar-refractivity contribution in [3.05, 3.63) is 55.0 Å². The molecule has 0 aromatic carbocycles. The molecule has 0 saturated carbocycles. The van der Waals surface area contributed by atoms with Crippen LogP contribution >= 0.6 is 0 Å². The highest BCUT2D eigenvalue weighted by Crippen LogP contribution is 2.16. The van der Waals surface area contributed by atoms with Crippen LogP contribution in [0.3, 0.4) is 0 Å². The molecule has 0 aliphatic rings. The van der Waals surface area contributed by atoms with E-state index in [-0.39, 0.29) is 0 Å². The van der Waals surface area contributed by atoms with Gasteiger partial charge in [-0.05, 0) is 25.5 Å². The Balaban J connectivity index is 1.63. The Morgan fingerprint density at radius 3 is 2.73 bits per heavy atom. The van der Waals surface area contributed by atoms with Crippen LogP contribution in [0.5, 0.6) is 0 Å². The van der Waals surface area contributed by atoms with Gasteiger partial charge in [0.2, 0.25) is 0 Å². The number of imidazole rings is 1. The fraction of sp³-hybridized carbons (Fsp3) is 0.250. The van der Waals surface area contributed by atoms with E-state index in [1.54, 1.807) is 18.6 Å². The Morgan fingerprint density at radius 1 is 1.09 bits per heavy atom. The number of nitrogens with one attached hydrogen (secondary N) is 1. The summed E-state index contributed by atoms with van der Waals surface area (Å²) >= 11 is 0. The Morgan fingerprint density at radius 2 is 1.95 bits per heavy atom. The molecule has 22 heavy (non-hydrogen) atoms. The normalized spacial score (nSPS) is 10.6. The van der Waals surface area contributed by atoms with Gasteiger partial charge in [-0.1, -0.05) is 0 Å². The molecule has 6 nitrogen and oxygen atoms in total.